The minimum atomic E-state index is 0.609. The second-order valence-electron chi connectivity index (χ2n) is 7.13. The van der Waals surface area contributed by atoms with E-state index in [1.54, 1.807) is 0 Å². The molecule has 0 bridgehead atoms. The summed E-state index contributed by atoms with van der Waals surface area (Å²) >= 11 is 5.41. The van der Waals surface area contributed by atoms with Gasteiger partial charge in [-0.05, 0) is 67.7 Å². The number of ether oxygens (including phenoxy) is 1. The molecule has 0 amide bonds. The van der Waals surface area contributed by atoms with Crippen molar-refractivity contribution in [3.8, 4) is 5.75 Å². The normalized spacial score (nSPS) is 16.7. The first-order chi connectivity index (χ1) is 13.1. The summed E-state index contributed by atoms with van der Waals surface area (Å²) in [5, 5.41) is 7.09. The maximum absolute atomic E-state index is 5.52. The number of nitrogens with zero attached hydrogens (tertiary/aromatic N) is 1. The van der Waals surface area contributed by atoms with Crippen LogP contribution in [-0.2, 0) is 6.54 Å². The van der Waals surface area contributed by atoms with E-state index < -0.39 is 0 Å². The van der Waals surface area contributed by atoms with Crippen molar-refractivity contribution in [3.63, 3.8) is 0 Å². The molecular formula is C22H29N3OS. The van der Waals surface area contributed by atoms with Crippen LogP contribution in [0.4, 0.5) is 11.4 Å². The fourth-order valence-corrected chi connectivity index (χ4v) is 3.63. The topological polar surface area (TPSA) is 36.5 Å². The minimum Gasteiger partial charge on any atom is -0.494 e. The summed E-state index contributed by atoms with van der Waals surface area (Å²) in [6.07, 6.45) is 2.63. The number of piperidine rings is 1. The van der Waals surface area contributed by atoms with Gasteiger partial charge in [0.2, 0.25) is 0 Å². The Morgan fingerprint density at radius 3 is 2.78 bits per heavy atom. The van der Waals surface area contributed by atoms with E-state index in [9.17, 15) is 0 Å². The zero-order valence-electron chi connectivity index (χ0n) is 16.2. The third-order valence-corrected chi connectivity index (χ3v) is 5.06. The smallest absolute Gasteiger partial charge is 0.171 e. The van der Waals surface area contributed by atoms with Gasteiger partial charge in [0, 0.05) is 37.1 Å². The van der Waals surface area contributed by atoms with Gasteiger partial charge in [-0.3, -0.25) is 0 Å². The highest BCUT2D eigenvalue weighted by Crippen LogP contribution is 2.23. The van der Waals surface area contributed by atoms with E-state index in [-0.39, 0.29) is 0 Å². The molecule has 1 aliphatic rings. The predicted molar refractivity (Wildman–Crippen MR) is 118 cm³/mol. The second kappa shape index (κ2) is 9.60. The van der Waals surface area contributed by atoms with Crippen molar-refractivity contribution in [2.45, 2.75) is 33.2 Å². The molecule has 144 valence electrons. The predicted octanol–water partition coefficient (Wildman–Crippen LogP) is 4.81. The molecule has 1 aliphatic heterocycles. The van der Waals surface area contributed by atoms with E-state index in [2.05, 4.69) is 46.7 Å². The lowest BCUT2D eigenvalue weighted by Gasteiger charge is -2.32. The average Bonchev–Trinajstić information content (AvgIpc) is 2.67. The van der Waals surface area contributed by atoms with E-state index in [0.29, 0.717) is 18.3 Å². The molecule has 1 atom stereocenters. The van der Waals surface area contributed by atoms with Crippen LogP contribution in [0.3, 0.4) is 0 Å². The third-order valence-electron chi connectivity index (χ3n) is 4.81. The molecule has 1 fully saturated rings. The molecule has 1 saturated heterocycles. The maximum atomic E-state index is 5.52. The van der Waals surface area contributed by atoms with Crippen LogP contribution in [0.5, 0.6) is 5.75 Å². The molecule has 2 aromatic rings. The Hall–Kier alpha value is -2.27. The van der Waals surface area contributed by atoms with E-state index in [4.69, 9.17) is 17.0 Å². The van der Waals surface area contributed by atoms with Gasteiger partial charge in [-0.2, -0.15) is 0 Å². The van der Waals surface area contributed by atoms with Crippen LogP contribution >= 0.6 is 12.2 Å². The molecule has 0 radical (unpaired) electrons. The van der Waals surface area contributed by atoms with Gasteiger partial charge in [-0.25, -0.2) is 0 Å². The molecule has 3 rings (SSSR count). The zero-order chi connectivity index (χ0) is 19.1. The highest BCUT2D eigenvalue weighted by molar-refractivity contribution is 7.80. The van der Waals surface area contributed by atoms with Crippen molar-refractivity contribution in [2.75, 3.05) is 29.9 Å². The molecule has 0 aromatic heterocycles. The second-order valence-corrected chi connectivity index (χ2v) is 7.54. The molecule has 2 aromatic carbocycles. The van der Waals surface area contributed by atoms with Crippen LogP contribution in [0.15, 0.2) is 48.5 Å². The molecule has 2 N–H and O–H groups in total. The van der Waals surface area contributed by atoms with E-state index in [1.165, 1.54) is 24.1 Å². The van der Waals surface area contributed by atoms with Gasteiger partial charge < -0.3 is 20.3 Å². The fourth-order valence-electron chi connectivity index (χ4n) is 3.44. The van der Waals surface area contributed by atoms with Crippen LogP contribution < -0.4 is 20.3 Å². The third kappa shape index (κ3) is 5.86. The Morgan fingerprint density at radius 1 is 1.22 bits per heavy atom. The standard InChI is InChI=1S/C22H29N3OS/c1-3-26-21-8-4-7-19(14-21)24-22(27)23-15-18-9-11-20(12-10-18)25-13-5-6-17(2)16-25/h4,7-12,14,17H,3,5-6,13,15-16H2,1-2H3,(H2,23,24,27)/t17-/m0/s1. The van der Waals surface area contributed by atoms with Gasteiger partial charge in [0.1, 0.15) is 5.75 Å². The van der Waals surface area contributed by atoms with Crippen molar-refractivity contribution >= 4 is 28.7 Å². The van der Waals surface area contributed by atoms with Gasteiger partial charge in [0.15, 0.2) is 5.11 Å². The summed E-state index contributed by atoms with van der Waals surface area (Å²) in [7, 11) is 0. The van der Waals surface area contributed by atoms with Crippen LogP contribution in [0.25, 0.3) is 0 Å². The molecule has 0 unspecified atom stereocenters. The van der Waals surface area contributed by atoms with Gasteiger partial charge in [0.25, 0.3) is 0 Å². The molecule has 1 heterocycles. The quantitative estimate of drug-likeness (QED) is 0.700. The summed E-state index contributed by atoms with van der Waals surface area (Å²) in [6.45, 7) is 7.99. The summed E-state index contributed by atoms with van der Waals surface area (Å²) in [5.74, 6) is 1.62. The zero-order valence-corrected chi connectivity index (χ0v) is 17.0. The van der Waals surface area contributed by atoms with Gasteiger partial charge in [0.05, 0.1) is 6.61 Å². The van der Waals surface area contributed by atoms with Gasteiger partial charge in [-0.1, -0.05) is 25.1 Å². The lowest BCUT2D eigenvalue weighted by Crippen LogP contribution is -2.34. The number of rotatable bonds is 6. The van der Waals surface area contributed by atoms with Crippen LogP contribution in [-0.4, -0.2) is 24.8 Å². The summed E-state index contributed by atoms with van der Waals surface area (Å²) < 4.78 is 5.52. The van der Waals surface area contributed by atoms with Gasteiger partial charge >= 0.3 is 0 Å². The number of anilines is 2. The lowest BCUT2D eigenvalue weighted by molar-refractivity contribution is 0.340. The van der Waals surface area contributed by atoms with Crippen LogP contribution in [0, 0.1) is 5.92 Å². The highest BCUT2D eigenvalue weighted by Gasteiger charge is 2.16. The largest absolute Gasteiger partial charge is 0.494 e. The monoisotopic (exact) mass is 383 g/mol. The van der Waals surface area contributed by atoms with Crippen molar-refractivity contribution < 1.29 is 4.74 Å². The van der Waals surface area contributed by atoms with Crippen molar-refractivity contribution in [3.05, 3.63) is 54.1 Å². The first-order valence-corrected chi connectivity index (χ1v) is 10.2. The summed E-state index contributed by atoms with van der Waals surface area (Å²) in [5.41, 5.74) is 3.46. The number of nitrogens with one attached hydrogen (secondary N) is 2. The van der Waals surface area contributed by atoms with Crippen molar-refractivity contribution in [1.82, 2.24) is 5.32 Å². The number of benzene rings is 2. The summed E-state index contributed by atoms with van der Waals surface area (Å²) in [4.78, 5) is 2.49. The first kappa shape index (κ1) is 19.5. The summed E-state index contributed by atoms with van der Waals surface area (Å²) in [6, 6.07) is 16.6. The van der Waals surface area contributed by atoms with E-state index in [1.807, 2.05) is 31.2 Å². The Balaban J connectivity index is 1.49. The van der Waals surface area contributed by atoms with Crippen LogP contribution in [0.1, 0.15) is 32.3 Å². The average molecular weight is 384 g/mol. The Kier molecular flexibility index (Phi) is 6.93. The number of hydrogen-bond donors (Lipinski definition) is 2. The van der Waals surface area contributed by atoms with Crippen molar-refractivity contribution in [1.29, 1.82) is 0 Å². The lowest BCUT2D eigenvalue weighted by atomic mass is 9.99. The van der Waals surface area contributed by atoms with E-state index >= 15 is 0 Å². The Morgan fingerprint density at radius 2 is 2.04 bits per heavy atom. The minimum absolute atomic E-state index is 0.609. The molecule has 5 heteroatoms. The molecule has 0 spiro atoms. The Bertz CT molecular complexity index is 747. The highest BCUT2D eigenvalue weighted by atomic mass is 32.1. The molecular weight excluding hydrogens is 354 g/mol. The van der Waals surface area contributed by atoms with E-state index in [0.717, 1.165) is 30.4 Å². The molecule has 0 saturated carbocycles. The maximum Gasteiger partial charge on any atom is 0.171 e. The Labute approximate surface area is 167 Å². The number of thiocarbonyl (C=S) groups is 1. The molecule has 4 nitrogen and oxygen atoms in total. The SMILES string of the molecule is CCOc1cccc(NC(=S)NCc2ccc(N3CCC[C@H](C)C3)cc2)c1. The molecule has 0 aliphatic carbocycles. The fraction of sp³-hybridized carbons (Fsp3) is 0.409. The number of hydrogen-bond acceptors (Lipinski definition) is 3. The van der Waals surface area contributed by atoms with Gasteiger partial charge in [-0.15, -0.1) is 0 Å². The molecule has 27 heavy (non-hydrogen) atoms. The first-order valence-electron chi connectivity index (χ1n) is 9.75. The van der Waals surface area contributed by atoms with Crippen molar-refractivity contribution in [2.24, 2.45) is 5.92 Å². The van der Waals surface area contributed by atoms with Crippen LogP contribution in [0.2, 0.25) is 0 Å².